The number of Topliss-reactive ketones (excluding diaryl/α,β-unsaturated/α-hetero) is 1. The van der Waals surface area contributed by atoms with Crippen LogP contribution in [0.4, 0.5) is 0 Å². The fraction of sp³-hybridized carbons (Fsp3) is 0.412. The van der Waals surface area contributed by atoms with Gasteiger partial charge in [-0.2, -0.15) is 5.10 Å². The summed E-state index contributed by atoms with van der Waals surface area (Å²) in [5.41, 5.74) is 4.36. The summed E-state index contributed by atoms with van der Waals surface area (Å²) in [7, 11) is 0. The standard InChI is InChI=1S/C17H22N2O/c1-12(2)19-6-5-16(18-19)11-17(20)10-15-8-13(3)7-14(4)9-15/h5-9,12H,10-11H2,1-4H3. The fourth-order valence-corrected chi connectivity index (χ4v) is 2.42. The van der Waals surface area contributed by atoms with Crippen molar-refractivity contribution in [2.24, 2.45) is 0 Å². The number of nitrogens with zero attached hydrogens (tertiary/aromatic N) is 2. The monoisotopic (exact) mass is 270 g/mol. The molecular weight excluding hydrogens is 248 g/mol. The number of carbonyl (C=O) groups excluding carboxylic acids is 1. The normalized spacial score (nSPS) is 11.1. The number of hydrogen-bond acceptors (Lipinski definition) is 2. The van der Waals surface area contributed by atoms with Crippen LogP contribution >= 0.6 is 0 Å². The van der Waals surface area contributed by atoms with Crippen molar-refractivity contribution in [1.82, 2.24) is 9.78 Å². The zero-order valence-corrected chi connectivity index (χ0v) is 12.7. The second kappa shape index (κ2) is 6.04. The molecule has 0 aliphatic rings. The zero-order valence-electron chi connectivity index (χ0n) is 12.7. The molecule has 1 aromatic carbocycles. The molecule has 1 aromatic heterocycles. The smallest absolute Gasteiger partial charge is 0.143 e. The molecule has 0 spiro atoms. The van der Waals surface area contributed by atoms with Gasteiger partial charge in [-0.3, -0.25) is 9.48 Å². The Kier molecular flexibility index (Phi) is 4.38. The Balaban J connectivity index is 2.01. The van der Waals surface area contributed by atoms with E-state index in [-0.39, 0.29) is 5.78 Å². The Morgan fingerprint density at radius 2 is 1.80 bits per heavy atom. The van der Waals surface area contributed by atoms with Gasteiger partial charge in [0, 0.05) is 18.7 Å². The summed E-state index contributed by atoms with van der Waals surface area (Å²) < 4.78 is 1.89. The average Bonchev–Trinajstić information content (AvgIpc) is 2.75. The van der Waals surface area contributed by atoms with Crippen LogP contribution in [-0.2, 0) is 17.6 Å². The van der Waals surface area contributed by atoms with Crippen molar-refractivity contribution >= 4 is 5.78 Å². The third-order valence-electron chi connectivity index (χ3n) is 3.25. The topological polar surface area (TPSA) is 34.9 Å². The van der Waals surface area contributed by atoms with Gasteiger partial charge in [0.15, 0.2) is 0 Å². The Labute approximate surface area is 120 Å². The molecule has 0 radical (unpaired) electrons. The summed E-state index contributed by atoms with van der Waals surface area (Å²) in [6.45, 7) is 8.28. The van der Waals surface area contributed by atoms with E-state index in [1.54, 1.807) is 0 Å². The third-order valence-corrected chi connectivity index (χ3v) is 3.25. The van der Waals surface area contributed by atoms with Gasteiger partial charge < -0.3 is 0 Å². The lowest BCUT2D eigenvalue weighted by molar-refractivity contribution is -0.117. The Bertz CT molecular complexity index is 591. The van der Waals surface area contributed by atoms with E-state index in [1.807, 2.05) is 16.9 Å². The van der Waals surface area contributed by atoms with Crippen LogP contribution in [0.15, 0.2) is 30.5 Å². The predicted octanol–water partition coefficient (Wildman–Crippen LogP) is 3.44. The van der Waals surface area contributed by atoms with Crippen LogP contribution in [0.1, 0.15) is 42.3 Å². The Morgan fingerprint density at radius 3 is 2.35 bits per heavy atom. The van der Waals surface area contributed by atoms with Crippen molar-refractivity contribution in [3.63, 3.8) is 0 Å². The lowest BCUT2D eigenvalue weighted by Crippen LogP contribution is -2.09. The second-order valence-electron chi connectivity index (χ2n) is 5.77. The number of ketones is 1. The van der Waals surface area contributed by atoms with Crippen LogP contribution in [0, 0.1) is 13.8 Å². The van der Waals surface area contributed by atoms with Crippen LogP contribution in [0.5, 0.6) is 0 Å². The minimum atomic E-state index is 0.212. The molecule has 0 fully saturated rings. The molecule has 2 aromatic rings. The number of carbonyl (C=O) groups is 1. The largest absolute Gasteiger partial charge is 0.299 e. The van der Waals surface area contributed by atoms with Crippen molar-refractivity contribution in [3.8, 4) is 0 Å². The molecule has 0 unspecified atom stereocenters. The van der Waals surface area contributed by atoms with Crippen LogP contribution in [0.3, 0.4) is 0 Å². The van der Waals surface area contributed by atoms with E-state index in [0.29, 0.717) is 18.9 Å². The predicted molar refractivity (Wildman–Crippen MR) is 80.9 cm³/mol. The SMILES string of the molecule is Cc1cc(C)cc(CC(=O)Cc2ccn(C(C)C)n2)c1. The van der Waals surface area contributed by atoms with Crippen molar-refractivity contribution in [3.05, 3.63) is 52.8 Å². The molecule has 2 rings (SSSR count). The maximum absolute atomic E-state index is 12.1. The minimum absolute atomic E-state index is 0.212. The second-order valence-corrected chi connectivity index (χ2v) is 5.77. The van der Waals surface area contributed by atoms with Gasteiger partial charge in [0.25, 0.3) is 0 Å². The summed E-state index contributed by atoms with van der Waals surface area (Å²) in [6, 6.07) is 8.55. The molecule has 3 nitrogen and oxygen atoms in total. The molecular formula is C17H22N2O. The maximum Gasteiger partial charge on any atom is 0.143 e. The van der Waals surface area contributed by atoms with Gasteiger partial charge in [0.05, 0.1) is 12.1 Å². The van der Waals surface area contributed by atoms with E-state index < -0.39 is 0 Å². The first-order chi connectivity index (χ1) is 9.44. The van der Waals surface area contributed by atoms with Crippen molar-refractivity contribution in [1.29, 1.82) is 0 Å². The van der Waals surface area contributed by atoms with Crippen LogP contribution in [0.2, 0.25) is 0 Å². The summed E-state index contributed by atoms with van der Waals surface area (Å²) in [5, 5.41) is 4.42. The molecule has 20 heavy (non-hydrogen) atoms. The van der Waals surface area contributed by atoms with Gasteiger partial charge in [-0.25, -0.2) is 0 Å². The van der Waals surface area contributed by atoms with E-state index in [0.717, 1.165) is 11.3 Å². The molecule has 0 N–H and O–H groups in total. The van der Waals surface area contributed by atoms with Crippen LogP contribution in [-0.4, -0.2) is 15.6 Å². The van der Waals surface area contributed by atoms with Gasteiger partial charge in [-0.05, 0) is 39.3 Å². The molecule has 0 bridgehead atoms. The van der Waals surface area contributed by atoms with Crippen molar-refractivity contribution < 1.29 is 4.79 Å². The number of hydrogen-bond donors (Lipinski definition) is 0. The molecule has 0 saturated heterocycles. The fourth-order valence-electron chi connectivity index (χ4n) is 2.42. The molecule has 0 saturated carbocycles. The number of benzene rings is 1. The number of aromatic nitrogens is 2. The summed E-state index contributed by atoms with van der Waals surface area (Å²) in [4.78, 5) is 12.1. The minimum Gasteiger partial charge on any atom is -0.299 e. The highest BCUT2D eigenvalue weighted by Gasteiger charge is 2.09. The first-order valence-corrected chi connectivity index (χ1v) is 7.07. The van der Waals surface area contributed by atoms with E-state index in [2.05, 4.69) is 51.0 Å². The van der Waals surface area contributed by atoms with Crippen LogP contribution < -0.4 is 0 Å². The van der Waals surface area contributed by atoms with E-state index in [9.17, 15) is 4.79 Å². The average molecular weight is 270 g/mol. The molecule has 0 aliphatic carbocycles. The Morgan fingerprint density at radius 1 is 1.15 bits per heavy atom. The highest BCUT2D eigenvalue weighted by molar-refractivity contribution is 5.82. The van der Waals surface area contributed by atoms with Crippen molar-refractivity contribution in [2.45, 2.75) is 46.6 Å². The molecule has 0 atom stereocenters. The van der Waals surface area contributed by atoms with Gasteiger partial charge in [-0.15, -0.1) is 0 Å². The maximum atomic E-state index is 12.1. The van der Waals surface area contributed by atoms with Gasteiger partial charge in [-0.1, -0.05) is 29.3 Å². The highest BCUT2D eigenvalue weighted by Crippen LogP contribution is 2.11. The van der Waals surface area contributed by atoms with Crippen molar-refractivity contribution in [2.75, 3.05) is 0 Å². The molecule has 1 heterocycles. The molecule has 0 amide bonds. The zero-order chi connectivity index (χ0) is 14.7. The summed E-state index contributed by atoms with van der Waals surface area (Å²) >= 11 is 0. The highest BCUT2D eigenvalue weighted by atomic mass is 16.1. The van der Waals surface area contributed by atoms with E-state index in [4.69, 9.17) is 0 Å². The third kappa shape index (κ3) is 3.80. The summed E-state index contributed by atoms with van der Waals surface area (Å²) in [6.07, 6.45) is 2.83. The van der Waals surface area contributed by atoms with Crippen LogP contribution in [0.25, 0.3) is 0 Å². The Hall–Kier alpha value is -1.90. The van der Waals surface area contributed by atoms with E-state index in [1.165, 1.54) is 11.1 Å². The summed E-state index contributed by atoms with van der Waals surface area (Å²) in [5.74, 6) is 0.212. The molecule has 0 aliphatic heterocycles. The first-order valence-electron chi connectivity index (χ1n) is 7.07. The lowest BCUT2D eigenvalue weighted by atomic mass is 10.0. The van der Waals surface area contributed by atoms with Gasteiger partial charge in [0.1, 0.15) is 5.78 Å². The first kappa shape index (κ1) is 14.5. The molecule has 106 valence electrons. The molecule has 3 heteroatoms. The van der Waals surface area contributed by atoms with E-state index >= 15 is 0 Å². The quantitative estimate of drug-likeness (QED) is 0.834. The lowest BCUT2D eigenvalue weighted by Gasteiger charge is -2.05. The van der Waals surface area contributed by atoms with Gasteiger partial charge in [0.2, 0.25) is 0 Å². The number of rotatable bonds is 5. The number of aryl methyl sites for hydroxylation is 2. The van der Waals surface area contributed by atoms with Gasteiger partial charge >= 0.3 is 0 Å².